The zero-order valence-electron chi connectivity index (χ0n) is 17.4. The fourth-order valence-electron chi connectivity index (χ4n) is 2.92. The molecule has 0 aliphatic carbocycles. The smallest absolute Gasteiger partial charge is 0.307 e. The fraction of sp³-hybridized carbons (Fsp3) is 0.571. The number of hydrogen-bond acceptors (Lipinski definition) is 6. The molecule has 2 amide bonds. The molecular weight excluding hydrogens is 374 g/mol. The quantitative estimate of drug-likeness (QED) is 0.578. The number of rotatable bonds is 10. The first-order chi connectivity index (χ1) is 13.9. The highest BCUT2D eigenvalue weighted by atomic mass is 16.5. The Kier molecular flexibility index (Phi) is 8.92. The summed E-state index contributed by atoms with van der Waals surface area (Å²) in [5.41, 5.74) is 0.645. The average molecular weight is 405 g/mol. The van der Waals surface area contributed by atoms with E-state index in [-0.39, 0.29) is 30.9 Å². The minimum atomic E-state index is -0.704. The summed E-state index contributed by atoms with van der Waals surface area (Å²) < 4.78 is 10.8. The van der Waals surface area contributed by atoms with Crippen LogP contribution in [0.4, 0.5) is 5.69 Å². The van der Waals surface area contributed by atoms with Crippen molar-refractivity contribution in [1.82, 2.24) is 10.2 Å². The van der Waals surface area contributed by atoms with E-state index in [1.54, 1.807) is 17.0 Å². The SMILES string of the molecule is CCCOC(=O)CC1C(=O)NCCN1CC(=O)Nc1ccc(OC(C)CC)cc1. The molecule has 2 atom stereocenters. The van der Waals surface area contributed by atoms with E-state index in [1.807, 2.05) is 26.0 Å². The zero-order chi connectivity index (χ0) is 21.2. The number of esters is 1. The van der Waals surface area contributed by atoms with Crippen molar-refractivity contribution in [2.24, 2.45) is 0 Å². The molecule has 1 aromatic carbocycles. The number of anilines is 1. The highest BCUT2D eigenvalue weighted by Gasteiger charge is 2.33. The number of ether oxygens (including phenoxy) is 2. The molecule has 1 aromatic rings. The van der Waals surface area contributed by atoms with Crippen LogP contribution in [0.15, 0.2) is 24.3 Å². The van der Waals surface area contributed by atoms with Gasteiger partial charge in [-0.25, -0.2) is 0 Å². The first-order valence-corrected chi connectivity index (χ1v) is 10.2. The molecule has 1 saturated heterocycles. The molecule has 8 heteroatoms. The highest BCUT2D eigenvalue weighted by molar-refractivity contribution is 5.93. The van der Waals surface area contributed by atoms with E-state index >= 15 is 0 Å². The molecule has 160 valence electrons. The van der Waals surface area contributed by atoms with Crippen molar-refractivity contribution in [2.75, 3.05) is 31.6 Å². The van der Waals surface area contributed by atoms with Crippen molar-refractivity contribution in [3.63, 3.8) is 0 Å². The summed E-state index contributed by atoms with van der Waals surface area (Å²) in [4.78, 5) is 38.3. The number of benzene rings is 1. The lowest BCUT2D eigenvalue weighted by molar-refractivity contribution is -0.148. The van der Waals surface area contributed by atoms with Crippen LogP contribution >= 0.6 is 0 Å². The van der Waals surface area contributed by atoms with Crippen molar-refractivity contribution >= 4 is 23.5 Å². The lowest BCUT2D eigenvalue weighted by Crippen LogP contribution is -2.57. The number of carbonyl (C=O) groups is 3. The largest absolute Gasteiger partial charge is 0.491 e. The van der Waals surface area contributed by atoms with Crippen LogP contribution in [-0.4, -0.2) is 61.1 Å². The van der Waals surface area contributed by atoms with Crippen LogP contribution < -0.4 is 15.4 Å². The monoisotopic (exact) mass is 405 g/mol. The van der Waals surface area contributed by atoms with Gasteiger partial charge in [-0.1, -0.05) is 13.8 Å². The van der Waals surface area contributed by atoms with Crippen LogP contribution in [-0.2, 0) is 19.1 Å². The Labute approximate surface area is 171 Å². The number of carbonyl (C=O) groups excluding carboxylic acids is 3. The highest BCUT2D eigenvalue weighted by Crippen LogP contribution is 2.18. The molecule has 29 heavy (non-hydrogen) atoms. The van der Waals surface area contributed by atoms with Crippen molar-refractivity contribution in [3.8, 4) is 5.75 Å². The van der Waals surface area contributed by atoms with E-state index in [4.69, 9.17) is 9.47 Å². The first kappa shape index (κ1) is 22.7. The van der Waals surface area contributed by atoms with E-state index < -0.39 is 12.0 Å². The molecule has 2 rings (SSSR count). The standard InChI is InChI=1S/C21H31N3O5/c1-4-12-28-20(26)13-18-21(27)22-10-11-24(18)14-19(25)23-16-6-8-17(9-7-16)29-15(3)5-2/h6-9,15,18H,4-5,10-14H2,1-3H3,(H,22,27)(H,23,25). The summed E-state index contributed by atoms with van der Waals surface area (Å²) in [6.45, 7) is 7.23. The minimum absolute atomic E-state index is 0.0181. The van der Waals surface area contributed by atoms with Crippen LogP contribution in [0.3, 0.4) is 0 Å². The number of amides is 2. The van der Waals surface area contributed by atoms with E-state index in [1.165, 1.54) is 0 Å². The molecule has 0 saturated carbocycles. The number of piperazine rings is 1. The van der Waals surface area contributed by atoms with Gasteiger partial charge in [0.1, 0.15) is 11.8 Å². The van der Waals surface area contributed by atoms with Gasteiger partial charge in [-0.2, -0.15) is 0 Å². The van der Waals surface area contributed by atoms with E-state index in [2.05, 4.69) is 17.6 Å². The molecule has 0 spiro atoms. The Hall–Kier alpha value is -2.61. The Morgan fingerprint density at radius 3 is 2.66 bits per heavy atom. The topological polar surface area (TPSA) is 97.0 Å². The van der Waals surface area contributed by atoms with E-state index in [9.17, 15) is 14.4 Å². The van der Waals surface area contributed by atoms with Crippen LogP contribution in [0, 0.1) is 0 Å². The molecule has 1 aliphatic rings. The van der Waals surface area contributed by atoms with Gasteiger partial charge in [-0.3, -0.25) is 19.3 Å². The predicted molar refractivity (Wildman–Crippen MR) is 110 cm³/mol. The molecular formula is C21H31N3O5. The van der Waals surface area contributed by atoms with Gasteiger partial charge >= 0.3 is 5.97 Å². The summed E-state index contributed by atoms with van der Waals surface area (Å²) >= 11 is 0. The molecule has 1 heterocycles. The van der Waals surface area contributed by atoms with Gasteiger partial charge in [0.15, 0.2) is 0 Å². The van der Waals surface area contributed by atoms with Crippen LogP contribution in [0.5, 0.6) is 5.75 Å². The van der Waals surface area contributed by atoms with Crippen LogP contribution in [0.1, 0.15) is 40.0 Å². The van der Waals surface area contributed by atoms with Gasteiger partial charge in [-0.15, -0.1) is 0 Å². The summed E-state index contributed by atoms with van der Waals surface area (Å²) in [7, 11) is 0. The van der Waals surface area contributed by atoms with Crippen LogP contribution in [0.2, 0.25) is 0 Å². The molecule has 1 fully saturated rings. The van der Waals surface area contributed by atoms with Crippen molar-refractivity contribution in [3.05, 3.63) is 24.3 Å². The Balaban J connectivity index is 1.91. The lowest BCUT2D eigenvalue weighted by Gasteiger charge is -2.33. The third-order valence-corrected chi connectivity index (χ3v) is 4.67. The van der Waals surface area contributed by atoms with Crippen molar-refractivity contribution in [1.29, 1.82) is 0 Å². The molecule has 8 nitrogen and oxygen atoms in total. The lowest BCUT2D eigenvalue weighted by atomic mass is 10.1. The maximum absolute atomic E-state index is 12.5. The molecule has 2 N–H and O–H groups in total. The first-order valence-electron chi connectivity index (χ1n) is 10.2. The van der Waals surface area contributed by atoms with Crippen LogP contribution in [0.25, 0.3) is 0 Å². The van der Waals surface area contributed by atoms with E-state index in [0.29, 0.717) is 25.4 Å². The molecule has 2 unspecified atom stereocenters. The third-order valence-electron chi connectivity index (χ3n) is 4.67. The molecule has 1 aliphatic heterocycles. The maximum atomic E-state index is 12.5. The normalized spacial score (nSPS) is 17.9. The van der Waals surface area contributed by atoms with Gasteiger partial charge in [0.2, 0.25) is 11.8 Å². The molecule has 0 aromatic heterocycles. The summed E-state index contributed by atoms with van der Waals surface area (Å²) in [6, 6.07) is 6.46. The second kappa shape index (κ2) is 11.4. The molecule has 0 radical (unpaired) electrons. The number of hydrogen-bond donors (Lipinski definition) is 2. The second-order valence-corrected chi connectivity index (χ2v) is 7.11. The summed E-state index contributed by atoms with van der Waals surface area (Å²) in [5, 5.41) is 5.56. The maximum Gasteiger partial charge on any atom is 0.307 e. The minimum Gasteiger partial charge on any atom is -0.491 e. The van der Waals surface area contributed by atoms with E-state index in [0.717, 1.165) is 18.6 Å². The van der Waals surface area contributed by atoms with Crippen molar-refractivity contribution in [2.45, 2.75) is 52.2 Å². The van der Waals surface area contributed by atoms with Crippen molar-refractivity contribution < 1.29 is 23.9 Å². The second-order valence-electron chi connectivity index (χ2n) is 7.11. The Morgan fingerprint density at radius 1 is 1.28 bits per heavy atom. The third kappa shape index (κ3) is 7.38. The number of nitrogens with one attached hydrogen (secondary N) is 2. The van der Waals surface area contributed by atoms with Gasteiger partial charge in [0.25, 0.3) is 0 Å². The molecule has 0 bridgehead atoms. The average Bonchev–Trinajstić information content (AvgIpc) is 2.70. The van der Waals surface area contributed by atoms with Gasteiger partial charge in [-0.05, 0) is 44.0 Å². The predicted octanol–water partition coefficient (Wildman–Crippen LogP) is 1.95. The summed E-state index contributed by atoms with van der Waals surface area (Å²) in [5.74, 6) is -0.196. The Bertz CT molecular complexity index is 692. The fourth-order valence-corrected chi connectivity index (χ4v) is 2.92. The van der Waals surface area contributed by atoms with Gasteiger partial charge in [0, 0.05) is 18.8 Å². The summed E-state index contributed by atoms with van der Waals surface area (Å²) in [6.07, 6.45) is 1.69. The Morgan fingerprint density at radius 2 is 2.00 bits per heavy atom. The number of nitrogens with zero attached hydrogens (tertiary/aromatic N) is 1. The van der Waals surface area contributed by atoms with Gasteiger partial charge < -0.3 is 20.1 Å². The van der Waals surface area contributed by atoms with Gasteiger partial charge in [0.05, 0.1) is 25.7 Å². The zero-order valence-corrected chi connectivity index (χ0v) is 17.4.